The third-order valence-corrected chi connectivity index (χ3v) is 2.17. The van der Waals surface area contributed by atoms with Gasteiger partial charge in [-0.1, -0.05) is 11.6 Å². The number of ether oxygens (including phenoxy) is 1. The van der Waals surface area contributed by atoms with Crippen molar-refractivity contribution < 1.29 is 13.5 Å². The molecule has 0 saturated carbocycles. The van der Waals surface area contributed by atoms with E-state index in [1.165, 1.54) is 6.07 Å². The first kappa shape index (κ1) is 11.7. The van der Waals surface area contributed by atoms with E-state index in [1.54, 1.807) is 12.1 Å². The molecule has 0 radical (unpaired) electrons. The minimum absolute atomic E-state index is 0.106. The zero-order valence-corrected chi connectivity index (χ0v) is 9.29. The number of hydrogen-bond donors (Lipinski definition) is 0. The molecule has 0 atom stereocenters. The largest absolute Gasteiger partial charge is 0.487 e. The predicted molar refractivity (Wildman–Crippen MR) is 57.7 cm³/mol. The predicted octanol–water partition coefficient (Wildman–Crippen LogP) is 2.99. The molecule has 0 aliphatic rings. The van der Waals surface area contributed by atoms with Crippen LogP contribution < -0.4 is 4.74 Å². The minimum atomic E-state index is -0.954. The Morgan fingerprint density at radius 2 is 1.88 bits per heavy atom. The van der Waals surface area contributed by atoms with Crippen LogP contribution in [0.3, 0.4) is 0 Å². The van der Waals surface area contributed by atoms with Gasteiger partial charge in [-0.05, 0) is 24.3 Å². The van der Waals surface area contributed by atoms with Gasteiger partial charge in [0.05, 0.1) is 0 Å². The van der Waals surface area contributed by atoms with E-state index in [1.807, 2.05) is 0 Å². The molecule has 0 bridgehead atoms. The van der Waals surface area contributed by atoms with E-state index in [0.29, 0.717) is 5.69 Å². The topological polar surface area (TPSA) is 35.0 Å². The highest BCUT2D eigenvalue weighted by Gasteiger charge is 2.04. The van der Waals surface area contributed by atoms with E-state index < -0.39 is 11.6 Å². The summed E-state index contributed by atoms with van der Waals surface area (Å²) in [6.07, 6.45) is 0. The van der Waals surface area contributed by atoms with Crippen molar-refractivity contribution in [2.24, 2.45) is 0 Å². The molecule has 2 rings (SSSR count). The Morgan fingerprint density at radius 3 is 2.53 bits per heavy atom. The summed E-state index contributed by atoms with van der Waals surface area (Å²) in [5.41, 5.74) is 0.541. The van der Waals surface area contributed by atoms with E-state index in [-0.39, 0.29) is 17.5 Å². The van der Waals surface area contributed by atoms with Crippen molar-refractivity contribution in [2.45, 2.75) is 6.61 Å². The Morgan fingerprint density at radius 1 is 1.06 bits per heavy atom. The van der Waals surface area contributed by atoms with Gasteiger partial charge in [0.2, 0.25) is 0 Å². The summed E-state index contributed by atoms with van der Waals surface area (Å²) in [5, 5.41) is 7.66. The zero-order valence-electron chi connectivity index (χ0n) is 8.53. The second kappa shape index (κ2) is 5.05. The first-order valence-corrected chi connectivity index (χ1v) is 5.09. The minimum Gasteiger partial charge on any atom is -0.487 e. The number of aromatic nitrogens is 2. The highest BCUT2D eigenvalue weighted by molar-refractivity contribution is 6.29. The second-order valence-corrected chi connectivity index (χ2v) is 3.60. The molecule has 0 amide bonds. The highest BCUT2D eigenvalue weighted by Crippen LogP contribution is 2.16. The maximum absolute atomic E-state index is 12.9. The summed E-state index contributed by atoms with van der Waals surface area (Å²) < 4.78 is 30.7. The third-order valence-electron chi connectivity index (χ3n) is 1.97. The molecular weight excluding hydrogens is 250 g/mol. The Labute approximate surface area is 101 Å². The van der Waals surface area contributed by atoms with Gasteiger partial charge < -0.3 is 4.74 Å². The summed E-state index contributed by atoms with van der Waals surface area (Å²) >= 11 is 5.56. The van der Waals surface area contributed by atoms with Gasteiger partial charge >= 0.3 is 0 Å². The molecular formula is C11H7ClF2N2O. The van der Waals surface area contributed by atoms with Crippen molar-refractivity contribution in [2.75, 3.05) is 0 Å². The van der Waals surface area contributed by atoms with Crippen molar-refractivity contribution in [3.05, 3.63) is 52.8 Å². The molecule has 0 aliphatic carbocycles. The van der Waals surface area contributed by atoms with Crippen molar-refractivity contribution in [1.82, 2.24) is 10.2 Å². The molecule has 0 fully saturated rings. The van der Waals surface area contributed by atoms with Gasteiger partial charge in [0, 0.05) is 6.07 Å². The average molecular weight is 257 g/mol. The van der Waals surface area contributed by atoms with Crippen LogP contribution in [0.4, 0.5) is 8.78 Å². The summed E-state index contributed by atoms with van der Waals surface area (Å²) in [7, 11) is 0. The van der Waals surface area contributed by atoms with Crippen LogP contribution in [0.25, 0.3) is 0 Å². The van der Waals surface area contributed by atoms with Crippen molar-refractivity contribution >= 4 is 11.6 Å². The molecule has 0 spiro atoms. The smallest absolute Gasteiger partial charge is 0.162 e. The Kier molecular flexibility index (Phi) is 3.49. The summed E-state index contributed by atoms with van der Waals surface area (Å²) in [6, 6.07) is 6.51. The van der Waals surface area contributed by atoms with E-state index in [2.05, 4.69) is 10.2 Å². The Balaban J connectivity index is 2.02. The standard InChI is InChI=1S/C11H7ClF2N2O/c12-11-4-1-7(15-16-11)6-17-8-2-3-9(13)10(14)5-8/h1-5H,6H2. The fourth-order valence-corrected chi connectivity index (χ4v) is 1.25. The van der Waals surface area contributed by atoms with Gasteiger partial charge in [-0.3, -0.25) is 0 Å². The monoisotopic (exact) mass is 256 g/mol. The maximum atomic E-state index is 12.9. The Hall–Kier alpha value is -1.75. The zero-order chi connectivity index (χ0) is 12.3. The first-order chi connectivity index (χ1) is 8.15. The lowest BCUT2D eigenvalue weighted by Crippen LogP contribution is -2.00. The summed E-state index contributed by atoms with van der Waals surface area (Å²) in [5.74, 6) is -1.64. The van der Waals surface area contributed by atoms with E-state index in [0.717, 1.165) is 12.1 Å². The molecule has 1 heterocycles. The maximum Gasteiger partial charge on any atom is 0.162 e. The number of benzene rings is 1. The summed E-state index contributed by atoms with van der Waals surface area (Å²) in [6.45, 7) is 0.106. The molecule has 1 aromatic carbocycles. The molecule has 1 aromatic heterocycles. The average Bonchev–Trinajstić information content (AvgIpc) is 2.33. The van der Waals surface area contributed by atoms with Crippen LogP contribution in [0.1, 0.15) is 5.69 Å². The fourth-order valence-electron chi connectivity index (χ4n) is 1.14. The lowest BCUT2D eigenvalue weighted by Gasteiger charge is -2.05. The molecule has 0 unspecified atom stereocenters. The summed E-state index contributed by atoms with van der Waals surface area (Å²) in [4.78, 5) is 0. The third kappa shape index (κ3) is 3.10. The van der Waals surface area contributed by atoms with Gasteiger partial charge in [-0.25, -0.2) is 8.78 Å². The molecule has 0 saturated heterocycles. The van der Waals surface area contributed by atoms with Gasteiger partial charge in [-0.2, -0.15) is 5.10 Å². The van der Waals surface area contributed by atoms with Crippen molar-refractivity contribution in [3.63, 3.8) is 0 Å². The molecule has 6 heteroatoms. The number of halogens is 3. The van der Waals surface area contributed by atoms with E-state index in [9.17, 15) is 8.78 Å². The van der Waals surface area contributed by atoms with Crippen LogP contribution in [0.15, 0.2) is 30.3 Å². The van der Waals surface area contributed by atoms with Gasteiger partial charge in [0.1, 0.15) is 18.1 Å². The van der Waals surface area contributed by atoms with Gasteiger partial charge in [0.15, 0.2) is 16.8 Å². The van der Waals surface area contributed by atoms with Crippen LogP contribution >= 0.6 is 11.6 Å². The van der Waals surface area contributed by atoms with Gasteiger partial charge in [0.25, 0.3) is 0 Å². The van der Waals surface area contributed by atoms with Crippen LogP contribution in [-0.2, 0) is 6.61 Å². The molecule has 3 nitrogen and oxygen atoms in total. The quantitative estimate of drug-likeness (QED) is 0.847. The lowest BCUT2D eigenvalue weighted by atomic mass is 10.3. The molecule has 0 aliphatic heterocycles. The van der Waals surface area contributed by atoms with Crippen LogP contribution in [-0.4, -0.2) is 10.2 Å². The van der Waals surface area contributed by atoms with Crippen molar-refractivity contribution in [1.29, 1.82) is 0 Å². The number of hydrogen-bond acceptors (Lipinski definition) is 3. The van der Waals surface area contributed by atoms with E-state index >= 15 is 0 Å². The number of rotatable bonds is 3. The van der Waals surface area contributed by atoms with E-state index in [4.69, 9.17) is 16.3 Å². The second-order valence-electron chi connectivity index (χ2n) is 3.21. The molecule has 2 aromatic rings. The number of nitrogens with zero attached hydrogens (tertiary/aromatic N) is 2. The molecule has 17 heavy (non-hydrogen) atoms. The van der Waals surface area contributed by atoms with Crippen LogP contribution in [0.5, 0.6) is 5.75 Å². The Bertz CT molecular complexity index is 519. The first-order valence-electron chi connectivity index (χ1n) is 4.71. The van der Waals surface area contributed by atoms with Gasteiger partial charge in [-0.15, -0.1) is 5.10 Å². The molecule has 0 N–H and O–H groups in total. The normalized spacial score (nSPS) is 10.3. The lowest BCUT2D eigenvalue weighted by molar-refractivity contribution is 0.297. The van der Waals surface area contributed by atoms with Crippen molar-refractivity contribution in [3.8, 4) is 5.75 Å². The SMILES string of the molecule is Fc1ccc(OCc2ccc(Cl)nn2)cc1F. The highest BCUT2D eigenvalue weighted by atomic mass is 35.5. The fraction of sp³-hybridized carbons (Fsp3) is 0.0909. The molecule has 88 valence electrons. The van der Waals surface area contributed by atoms with Crippen LogP contribution in [0, 0.1) is 11.6 Å². The van der Waals surface area contributed by atoms with Crippen LogP contribution in [0.2, 0.25) is 5.15 Å².